The fourth-order valence-electron chi connectivity index (χ4n) is 1.06. The van der Waals surface area contributed by atoms with Crippen molar-refractivity contribution in [3.8, 4) is 0 Å². The third-order valence-electron chi connectivity index (χ3n) is 1.62. The number of ether oxygens (including phenoxy) is 1. The van der Waals surface area contributed by atoms with E-state index in [4.69, 9.17) is 9.84 Å². The molecule has 0 radical (unpaired) electrons. The van der Waals surface area contributed by atoms with Gasteiger partial charge in [-0.05, 0) is 13.8 Å². The second-order valence-corrected chi connectivity index (χ2v) is 2.90. The Hall–Kier alpha value is -0.450. The minimum Gasteiger partial charge on any atom is -0.395 e. The first-order valence-corrected chi connectivity index (χ1v) is 6.61. The van der Waals surface area contributed by atoms with E-state index in [-0.39, 0.29) is 12.4 Å². The summed E-state index contributed by atoms with van der Waals surface area (Å²) in [5.74, 6) is 0.116. The summed E-state index contributed by atoms with van der Waals surface area (Å²) < 4.78 is 5.16. The van der Waals surface area contributed by atoms with E-state index in [9.17, 15) is 4.79 Å². The quantitative estimate of drug-likeness (QED) is 0.668. The van der Waals surface area contributed by atoms with Gasteiger partial charge >= 0.3 is 0 Å². The largest absolute Gasteiger partial charge is 0.395 e. The average molecular weight is 249 g/mol. The summed E-state index contributed by atoms with van der Waals surface area (Å²) in [6.45, 7) is 14.5. The Labute approximate surface area is 107 Å². The SMILES string of the molecule is CC.CC.CCOCCN(CCO)CC(C)=O. The number of ketones is 1. The van der Waals surface area contributed by atoms with E-state index in [1.807, 2.05) is 39.5 Å². The lowest BCUT2D eigenvalue weighted by Crippen LogP contribution is -2.34. The summed E-state index contributed by atoms with van der Waals surface area (Å²) in [7, 11) is 0. The van der Waals surface area contributed by atoms with Crippen LogP contribution in [0.5, 0.6) is 0 Å². The van der Waals surface area contributed by atoms with Crippen LogP contribution in [0.1, 0.15) is 41.5 Å². The molecule has 1 N–H and O–H groups in total. The van der Waals surface area contributed by atoms with Gasteiger partial charge in [0.1, 0.15) is 5.78 Å². The molecule has 0 spiro atoms. The first-order valence-electron chi connectivity index (χ1n) is 6.61. The number of carbonyl (C=O) groups is 1. The Morgan fingerprint density at radius 2 is 1.71 bits per heavy atom. The standard InChI is InChI=1S/C9H19NO3.2C2H6/c1-3-13-7-5-10(4-6-11)8-9(2)12;2*1-2/h11H,3-8H2,1-2H3;2*1-2H3. The summed E-state index contributed by atoms with van der Waals surface area (Å²) in [5, 5.41) is 8.71. The highest BCUT2D eigenvalue weighted by molar-refractivity contribution is 5.77. The molecule has 0 bridgehead atoms. The molecule has 106 valence electrons. The lowest BCUT2D eigenvalue weighted by molar-refractivity contribution is -0.118. The van der Waals surface area contributed by atoms with E-state index in [2.05, 4.69) is 0 Å². The lowest BCUT2D eigenvalue weighted by atomic mass is 10.4. The number of rotatable bonds is 8. The maximum Gasteiger partial charge on any atom is 0.143 e. The van der Waals surface area contributed by atoms with Gasteiger partial charge in [-0.15, -0.1) is 0 Å². The molecule has 0 fully saturated rings. The number of carbonyl (C=O) groups excluding carboxylic acids is 1. The Morgan fingerprint density at radius 1 is 1.18 bits per heavy atom. The molecule has 0 aromatic carbocycles. The molecule has 17 heavy (non-hydrogen) atoms. The highest BCUT2D eigenvalue weighted by Gasteiger charge is 2.05. The molecule has 0 unspecified atom stereocenters. The zero-order valence-electron chi connectivity index (χ0n) is 12.5. The van der Waals surface area contributed by atoms with Crippen LogP contribution in [0.3, 0.4) is 0 Å². The van der Waals surface area contributed by atoms with Crippen molar-refractivity contribution < 1.29 is 14.6 Å². The van der Waals surface area contributed by atoms with Crippen molar-refractivity contribution in [2.45, 2.75) is 41.5 Å². The van der Waals surface area contributed by atoms with Crippen LogP contribution in [0.4, 0.5) is 0 Å². The molecule has 0 aromatic rings. The number of aliphatic hydroxyl groups excluding tert-OH is 1. The van der Waals surface area contributed by atoms with E-state index in [1.54, 1.807) is 6.92 Å². The molecule has 0 rings (SSSR count). The Bertz CT molecular complexity index is 141. The molecular weight excluding hydrogens is 218 g/mol. The van der Waals surface area contributed by atoms with Crippen molar-refractivity contribution in [2.75, 3.05) is 39.5 Å². The van der Waals surface area contributed by atoms with Crippen molar-refractivity contribution in [1.82, 2.24) is 4.90 Å². The summed E-state index contributed by atoms with van der Waals surface area (Å²) >= 11 is 0. The lowest BCUT2D eigenvalue weighted by Gasteiger charge is -2.19. The maximum atomic E-state index is 10.8. The molecule has 0 saturated heterocycles. The van der Waals surface area contributed by atoms with Crippen LogP contribution in [0.15, 0.2) is 0 Å². The van der Waals surface area contributed by atoms with Crippen LogP contribution < -0.4 is 0 Å². The van der Waals surface area contributed by atoms with Crippen molar-refractivity contribution in [3.63, 3.8) is 0 Å². The minimum absolute atomic E-state index is 0.0827. The van der Waals surface area contributed by atoms with Gasteiger partial charge in [-0.3, -0.25) is 9.69 Å². The van der Waals surface area contributed by atoms with Crippen molar-refractivity contribution in [1.29, 1.82) is 0 Å². The highest BCUT2D eigenvalue weighted by atomic mass is 16.5. The summed E-state index contributed by atoms with van der Waals surface area (Å²) in [5.41, 5.74) is 0. The van der Waals surface area contributed by atoms with Crippen LogP contribution >= 0.6 is 0 Å². The van der Waals surface area contributed by atoms with Crippen molar-refractivity contribution in [3.05, 3.63) is 0 Å². The van der Waals surface area contributed by atoms with Gasteiger partial charge < -0.3 is 9.84 Å². The summed E-state index contributed by atoms with van der Waals surface area (Å²) in [4.78, 5) is 12.7. The Balaban J connectivity index is -0.000000439. The Morgan fingerprint density at radius 3 is 2.06 bits per heavy atom. The first-order chi connectivity index (χ1) is 8.20. The number of hydrogen-bond donors (Lipinski definition) is 1. The van der Waals surface area contributed by atoms with Gasteiger partial charge in [-0.25, -0.2) is 0 Å². The predicted molar refractivity (Wildman–Crippen MR) is 73.4 cm³/mol. The van der Waals surface area contributed by atoms with Crippen molar-refractivity contribution in [2.24, 2.45) is 0 Å². The molecule has 0 aliphatic carbocycles. The number of Topliss-reactive ketones (excluding diaryl/α,β-unsaturated/α-hetero) is 1. The van der Waals surface area contributed by atoms with Gasteiger partial charge in [0.2, 0.25) is 0 Å². The van der Waals surface area contributed by atoms with Gasteiger partial charge in [0.05, 0.1) is 19.8 Å². The second kappa shape index (κ2) is 20.9. The van der Waals surface area contributed by atoms with E-state index >= 15 is 0 Å². The molecule has 0 aliphatic rings. The maximum absolute atomic E-state index is 10.8. The van der Waals surface area contributed by atoms with Gasteiger partial charge in [-0.2, -0.15) is 0 Å². The van der Waals surface area contributed by atoms with E-state index in [0.717, 1.165) is 0 Å². The highest BCUT2D eigenvalue weighted by Crippen LogP contribution is 1.89. The molecule has 0 aromatic heterocycles. The van der Waals surface area contributed by atoms with Gasteiger partial charge in [0, 0.05) is 19.7 Å². The van der Waals surface area contributed by atoms with Crippen LogP contribution in [-0.2, 0) is 9.53 Å². The molecule has 0 atom stereocenters. The molecule has 4 heteroatoms. The van der Waals surface area contributed by atoms with Crippen LogP contribution in [0.25, 0.3) is 0 Å². The molecular formula is C13H31NO3. The zero-order valence-corrected chi connectivity index (χ0v) is 12.5. The normalized spacial score (nSPS) is 8.94. The van der Waals surface area contributed by atoms with Crippen molar-refractivity contribution >= 4 is 5.78 Å². The third kappa shape index (κ3) is 21.4. The van der Waals surface area contributed by atoms with Crippen LogP contribution in [-0.4, -0.2) is 55.2 Å². The van der Waals surface area contributed by atoms with Gasteiger partial charge in [0.25, 0.3) is 0 Å². The topological polar surface area (TPSA) is 49.8 Å². The predicted octanol–water partition coefficient (Wildman–Crippen LogP) is 1.96. The van der Waals surface area contributed by atoms with Gasteiger partial charge in [0.15, 0.2) is 0 Å². The van der Waals surface area contributed by atoms with E-state index < -0.39 is 0 Å². The molecule has 0 heterocycles. The van der Waals surface area contributed by atoms with Crippen LogP contribution in [0.2, 0.25) is 0 Å². The summed E-state index contributed by atoms with van der Waals surface area (Å²) in [6.07, 6.45) is 0. The summed E-state index contributed by atoms with van der Waals surface area (Å²) in [6, 6.07) is 0. The monoisotopic (exact) mass is 249 g/mol. The second-order valence-electron chi connectivity index (χ2n) is 2.90. The zero-order chi connectivity index (χ0) is 14.1. The average Bonchev–Trinajstić information content (AvgIpc) is 2.34. The minimum atomic E-state index is 0.0827. The van der Waals surface area contributed by atoms with E-state index in [0.29, 0.717) is 32.8 Å². The molecule has 4 nitrogen and oxygen atoms in total. The van der Waals surface area contributed by atoms with Gasteiger partial charge in [-0.1, -0.05) is 27.7 Å². The number of hydrogen-bond acceptors (Lipinski definition) is 4. The Kier molecular flexibility index (Phi) is 26.8. The molecule has 0 aliphatic heterocycles. The molecule has 0 amide bonds. The fourth-order valence-corrected chi connectivity index (χ4v) is 1.06. The van der Waals surface area contributed by atoms with Crippen LogP contribution in [0, 0.1) is 0 Å². The third-order valence-corrected chi connectivity index (χ3v) is 1.62. The fraction of sp³-hybridized carbons (Fsp3) is 0.923. The number of nitrogens with zero attached hydrogens (tertiary/aromatic N) is 1. The molecule has 0 saturated carbocycles. The number of aliphatic hydroxyl groups is 1. The van der Waals surface area contributed by atoms with E-state index in [1.165, 1.54) is 0 Å². The smallest absolute Gasteiger partial charge is 0.143 e. The first kappa shape index (κ1) is 21.8.